The molecule has 0 aliphatic carbocycles. The average molecular weight is 458 g/mol. The molecule has 0 aliphatic heterocycles. The molecule has 3 rings (SSSR count). The Hall–Kier alpha value is -3.20. The number of hydrogen-bond acceptors (Lipinski definition) is 6. The van der Waals surface area contributed by atoms with E-state index in [0.717, 1.165) is 11.0 Å². The highest BCUT2D eigenvalue weighted by atomic mass is 32.2. The second-order valence-electron chi connectivity index (χ2n) is 7.12. The normalized spacial score (nSPS) is 11.8. The minimum Gasteiger partial charge on any atom is -0.484 e. The number of esters is 1. The maximum absolute atomic E-state index is 12.5. The van der Waals surface area contributed by atoms with Gasteiger partial charge < -0.3 is 19.8 Å². The van der Waals surface area contributed by atoms with Crippen LogP contribution in [0.25, 0.3) is 11.0 Å². The van der Waals surface area contributed by atoms with Crippen LogP contribution in [0.4, 0.5) is 0 Å². The minimum absolute atomic E-state index is 0.150. The lowest BCUT2D eigenvalue weighted by Gasteiger charge is -2.17. The van der Waals surface area contributed by atoms with E-state index in [1.165, 1.54) is 0 Å². The maximum atomic E-state index is 12.5. The third-order valence-electron chi connectivity index (χ3n) is 4.80. The molecular formula is C23H27N3O5S. The highest BCUT2D eigenvalue weighted by Crippen LogP contribution is 2.10. The molecule has 1 aromatic heterocycles. The van der Waals surface area contributed by atoms with Crippen LogP contribution in [-0.2, 0) is 20.9 Å². The van der Waals surface area contributed by atoms with Crippen molar-refractivity contribution in [3.63, 3.8) is 0 Å². The number of carbonyl (C=O) groups excluding carboxylic acids is 2. The quantitative estimate of drug-likeness (QED) is 0.320. The zero-order valence-corrected chi connectivity index (χ0v) is 18.7. The lowest BCUT2D eigenvalue weighted by Crippen LogP contribution is -2.44. The summed E-state index contributed by atoms with van der Waals surface area (Å²) in [5.41, 5.74) is 1.39. The first-order valence-corrected chi connectivity index (χ1v) is 11.8. The molecule has 1 amide bonds. The molecule has 32 heavy (non-hydrogen) atoms. The topological polar surface area (TPSA) is 102 Å². The zero-order valence-electron chi connectivity index (χ0n) is 17.9. The Labute approximate surface area is 190 Å². The number of fused-ring (bicyclic) bond motifs is 1. The lowest BCUT2D eigenvalue weighted by atomic mass is 10.2. The third kappa shape index (κ3) is 6.65. The number of rotatable bonds is 12. The van der Waals surface area contributed by atoms with Gasteiger partial charge in [0, 0.05) is 6.54 Å². The Bertz CT molecular complexity index is 1080. The molecule has 0 spiro atoms. The molecule has 1 heterocycles. The van der Waals surface area contributed by atoms with Crippen molar-refractivity contribution in [1.82, 2.24) is 14.9 Å². The van der Waals surface area contributed by atoms with Crippen LogP contribution in [0.15, 0.2) is 59.4 Å². The smallest absolute Gasteiger partial charge is 0.328 e. The lowest BCUT2D eigenvalue weighted by molar-refractivity contribution is -0.148. The molecule has 1 unspecified atom stereocenters. The van der Waals surface area contributed by atoms with Crippen molar-refractivity contribution in [1.29, 1.82) is 0 Å². The fraction of sp³-hybridized carbons (Fsp3) is 0.348. The summed E-state index contributed by atoms with van der Waals surface area (Å²) in [7, 11) is 0. The molecule has 0 saturated heterocycles. The minimum atomic E-state index is -0.745. The second kappa shape index (κ2) is 12.0. The number of nitrogens with one attached hydrogen (secondary N) is 2. The summed E-state index contributed by atoms with van der Waals surface area (Å²) in [4.78, 5) is 39.7. The van der Waals surface area contributed by atoms with Gasteiger partial charge in [-0.25, -0.2) is 9.59 Å². The van der Waals surface area contributed by atoms with Crippen molar-refractivity contribution in [2.45, 2.75) is 25.4 Å². The molecule has 2 N–H and O–H groups in total. The Morgan fingerprint density at radius 1 is 1.12 bits per heavy atom. The molecule has 170 valence electrons. The van der Waals surface area contributed by atoms with Gasteiger partial charge in [-0.3, -0.25) is 9.36 Å². The predicted molar refractivity (Wildman–Crippen MR) is 125 cm³/mol. The predicted octanol–water partition coefficient (Wildman–Crippen LogP) is 2.58. The number of nitrogens with zero attached hydrogens (tertiary/aromatic N) is 1. The first kappa shape index (κ1) is 23.5. The molecule has 0 bridgehead atoms. The largest absolute Gasteiger partial charge is 0.484 e. The summed E-state index contributed by atoms with van der Waals surface area (Å²) in [5.74, 6) is 0.406. The molecule has 9 heteroatoms. The van der Waals surface area contributed by atoms with Crippen molar-refractivity contribution in [2.24, 2.45) is 0 Å². The Morgan fingerprint density at radius 2 is 1.88 bits per heavy atom. The number of carbonyl (C=O) groups is 2. The van der Waals surface area contributed by atoms with Crippen LogP contribution in [0.1, 0.15) is 12.8 Å². The summed E-state index contributed by atoms with van der Waals surface area (Å²) in [6.45, 7) is 0.385. The summed E-state index contributed by atoms with van der Waals surface area (Å²) in [6, 6.07) is 15.7. The van der Waals surface area contributed by atoms with Gasteiger partial charge in [0.1, 0.15) is 11.8 Å². The van der Waals surface area contributed by atoms with E-state index in [9.17, 15) is 14.4 Å². The number of amides is 1. The Morgan fingerprint density at radius 3 is 2.66 bits per heavy atom. The number of imidazole rings is 1. The standard InChI is InChI=1S/C23H27N3O5S/c1-32-15-12-19(24-21(27)16-31-17-8-3-2-4-9-17)22(28)30-14-7-13-26-20-11-6-5-10-18(20)25-23(26)29/h2-6,8-11,19H,7,12-16H2,1H3,(H,24,27)(H,25,29). The van der Waals surface area contributed by atoms with Crippen LogP contribution >= 0.6 is 11.8 Å². The van der Waals surface area contributed by atoms with E-state index in [4.69, 9.17) is 9.47 Å². The van der Waals surface area contributed by atoms with Gasteiger partial charge in [-0.15, -0.1) is 0 Å². The molecule has 0 saturated carbocycles. The SMILES string of the molecule is CSCCC(NC(=O)COc1ccccc1)C(=O)OCCCn1c(=O)[nH]c2ccccc21. The third-order valence-corrected chi connectivity index (χ3v) is 5.44. The van der Waals surface area contributed by atoms with Crippen LogP contribution in [0.5, 0.6) is 5.75 Å². The number of H-pyrrole nitrogens is 1. The average Bonchev–Trinajstić information content (AvgIpc) is 3.13. The zero-order chi connectivity index (χ0) is 22.8. The molecule has 3 aromatic rings. The number of aryl methyl sites for hydroxylation is 1. The molecular weight excluding hydrogens is 430 g/mol. The van der Waals surface area contributed by atoms with E-state index >= 15 is 0 Å². The van der Waals surface area contributed by atoms with Crippen molar-refractivity contribution in [3.8, 4) is 5.75 Å². The summed E-state index contributed by atoms with van der Waals surface area (Å²) in [5, 5.41) is 2.70. The van der Waals surface area contributed by atoms with Gasteiger partial charge in [0.15, 0.2) is 6.61 Å². The highest BCUT2D eigenvalue weighted by molar-refractivity contribution is 7.98. The summed E-state index contributed by atoms with van der Waals surface area (Å²) < 4.78 is 12.4. The van der Waals surface area contributed by atoms with Gasteiger partial charge in [-0.05, 0) is 49.1 Å². The van der Waals surface area contributed by atoms with Gasteiger partial charge >= 0.3 is 11.7 Å². The van der Waals surface area contributed by atoms with E-state index in [2.05, 4.69) is 10.3 Å². The van der Waals surface area contributed by atoms with E-state index in [-0.39, 0.29) is 24.8 Å². The highest BCUT2D eigenvalue weighted by Gasteiger charge is 2.22. The first-order valence-electron chi connectivity index (χ1n) is 10.4. The number of ether oxygens (including phenoxy) is 2. The van der Waals surface area contributed by atoms with E-state index < -0.39 is 12.0 Å². The number of aromatic nitrogens is 2. The van der Waals surface area contributed by atoms with E-state index in [1.807, 2.05) is 48.7 Å². The Kier molecular flexibility index (Phi) is 8.79. The van der Waals surface area contributed by atoms with Crippen LogP contribution in [0.2, 0.25) is 0 Å². The van der Waals surface area contributed by atoms with E-state index in [0.29, 0.717) is 30.9 Å². The summed E-state index contributed by atoms with van der Waals surface area (Å²) in [6.07, 6.45) is 2.87. The maximum Gasteiger partial charge on any atom is 0.328 e. The van der Waals surface area contributed by atoms with Crippen LogP contribution in [-0.4, -0.2) is 52.7 Å². The van der Waals surface area contributed by atoms with Crippen molar-refractivity contribution in [3.05, 3.63) is 65.1 Å². The molecule has 1 atom stereocenters. The molecule has 0 fully saturated rings. The van der Waals surface area contributed by atoms with Crippen LogP contribution < -0.4 is 15.7 Å². The summed E-state index contributed by atoms with van der Waals surface area (Å²) >= 11 is 1.58. The number of thioether (sulfide) groups is 1. The monoisotopic (exact) mass is 457 g/mol. The van der Waals surface area contributed by atoms with Gasteiger partial charge in [0.25, 0.3) is 5.91 Å². The fourth-order valence-electron chi connectivity index (χ4n) is 3.21. The van der Waals surface area contributed by atoms with Crippen LogP contribution in [0, 0.1) is 0 Å². The molecule has 0 radical (unpaired) electrons. The van der Waals surface area contributed by atoms with E-state index in [1.54, 1.807) is 28.5 Å². The Balaban J connectivity index is 1.47. The van der Waals surface area contributed by atoms with Gasteiger partial charge in [-0.1, -0.05) is 30.3 Å². The number of benzene rings is 2. The number of aromatic amines is 1. The van der Waals surface area contributed by atoms with Gasteiger partial charge in [-0.2, -0.15) is 11.8 Å². The van der Waals surface area contributed by atoms with Crippen molar-refractivity contribution >= 4 is 34.7 Å². The van der Waals surface area contributed by atoms with Crippen molar-refractivity contribution < 1.29 is 19.1 Å². The molecule has 8 nitrogen and oxygen atoms in total. The number of para-hydroxylation sites is 3. The van der Waals surface area contributed by atoms with Crippen molar-refractivity contribution in [2.75, 3.05) is 25.2 Å². The second-order valence-corrected chi connectivity index (χ2v) is 8.11. The van der Waals surface area contributed by atoms with Gasteiger partial charge in [0.2, 0.25) is 0 Å². The fourth-order valence-corrected chi connectivity index (χ4v) is 3.68. The number of hydrogen-bond donors (Lipinski definition) is 2. The first-order chi connectivity index (χ1) is 15.6. The molecule has 0 aliphatic rings. The molecule has 2 aromatic carbocycles. The van der Waals surface area contributed by atoms with Gasteiger partial charge in [0.05, 0.1) is 17.6 Å². The van der Waals surface area contributed by atoms with Crippen LogP contribution in [0.3, 0.4) is 0 Å².